The van der Waals surface area contributed by atoms with E-state index in [1.165, 1.54) is 16.7 Å². The van der Waals surface area contributed by atoms with Gasteiger partial charge in [-0.2, -0.15) is 0 Å². The second-order valence-electron chi connectivity index (χ2n) is 6.63. The van der Waals surface area contributed by atoms with Crippen molar-refractivity contribution < 1.29 is 0 Å². The fourth-order valence-corrected chi connectivity index (χ4v) is 3.16. The lowest BCUT2D eigenvalue weighted by atomic mass is 10.1. The number of imidazole rings is 1. The standard InChI is InChI=1S/C23H29N5.HI/c1-3-20-12-8-9-13-21(20)16-26-23(24-4-2)27-17-22-25-14-15-28(22)18-19-10-6-5-7-11-19;/h5-15H,3-4,16-18H2,1-2H3,(H2,24,26,27);1H. The fraction of sp³-hybridized carbons (Fsp3) is 0.304. The maximum atomic E-state index is 4.76. The maximum Gasteiger partial charge on any atom is 0.191 e. The van der Waals surface area contributed by atoms with Crippen LogP contribution in [0.2, 0.25) is 0 Å². The molecule has 0 saturated heterocycles. The molecule has 0 saturated carbocycles. The lowest BCUT2D eigenvalue weighted by Crippen LogP contribution is -2.37. The predicted octanol–water partition coefficient (Wildman–Crippen LogP) is 4.37. The Morgan fingerprint density at radius 2 is 1.69 bits per heavy atom. The summed E-state index contributed by atoms with van der Waals surface area (Å²) in [5, 5.41) is 6.74. The van der Waals surface area contributed by atoms with Crippen LogP contribution in [0.3, 0.4) is 0 Å². The monoisotopic (exact) mass is 503 g/mol. The Morgan fingerprint density at radius 3 is 2.41 bits per heavy atom. The summed E-state index contributed by atoms with van der Waals surface area (Å²) >= 11 is 0. The van der Waals surface area contributed by atoms with Gasteiger partial charge in [0, 0.05) is 25.5 Å². The highest BCUT2D eigenvalue weighted by Gasteiger charge is 2.06. The lowest BCUT2D eigenvalue weighted by Gasteiger charge is -2.13. The molecule has 0 atom stereocenters. The van der Waals surface area contributed by atoms with Gasteiger partial charge in [-0.05, 0) is 30.0 Å². The molecule has 0 amide bonds. The van der Waals surface area contributed by atoms with Crippen LogP contribution in [0.25, 0.3) is 0 Å². The molecule has 0 unspecified atom stereocenters. The Morgan fingerprint density at radius 1 is 0.966 bits per heavy atom. The van der Waals surface area contributed by atoms with Crippen molar-refractivity contribution in [2.75, 3.05) is 6.54 Å². The van der Waals surface area contributed by atoms with Crippen LogP contribution in [-0.4, -0.2) is 22.1 Å². The smallest absolute Gasteiger partial charge is 0.191 e. The molecule has 0 radical (unpaired) electrons. The highest BCUT2D eigenvalue weighted by molar-refractivity contribution is 14.0. The van der Waals surface area contributed by atoms with E-state index in [2.05, 4.69) is 82.6 Å². The summed E-state index contributed by atoms with van der Waals surface area (Å²) in [4.78, 5) is 9.27. The van der Waals surface area contributed by atoms with Gasteiger partial charge >= 0.3 is 0 Å². The van der Waals surface area contributed by atoms with E-state index in [9.17, 15) is 0 Å². The van der Waals surface area contributed by atoms with Crippen molar-refractivity contribution in [3.63, 3.8) is 0 Å². The summed E-state index contributed by atoms with van der Waals surface area (Å²) in [5.41, 5.74) is 3.88. The molecule has 5 nitrogen and oxygen atoms in total. The van der Waals surface area contributed by atoms with E-state index in [0.717, 1.165) is 31.3 Å². The molecule has 0 fully saturated rings. The largest absolute Gasteiger partial charge is 0.357 e. The molecule has 0 aliphatic carbocycles. The minimum Gasteiger partial charge on any atom is -0.357 e. The van der Waals surface area contributed by atoms with Gasteiger partial charge in [-0.25, -0.2) is 9.98 Å². The number of aliphatic imine (C=N–C) groups is 1. The summed E-state index contributed by atoms with van der Waals surface area (Å²) in [7, 11) is 0. The number of halogens is 1. The van der Waals surface area contributed by atoms with E-state index in [1.54, 1.807) is 0 Å². The van der Waals surface area contributed by atoms with Crippen molar-refractivity contribution in [3.8, 4) is 0 Å². The van der Waals surface area contributed by atoms with E-state index in [1.807, 2.05) is 18.5 Å². The topological polar surface area (TPSA) is 54.2 Å². The normalized spacial score (nSPS) is 11.0. The third-order valence-corrected chi connectivity index (χ3v) is 4.66. The summed E-state index contributed by atoms with van der Waals surface area (Å²) in [6.07, 6.45) is 4.89. The molecule has 6 heteroatoms. The molecule has 29 heavy (non-hydrogen) atoms. The SMILES string of the molecule is CCNC(=NCc1ccccc1CC)NCc1nccn1Cc1ccccc1.I. The van der Waals surface area contributed by atoms with Crippen LogP contribution in [0.15, 0.2) is 72.0 Å². The van der Waals surface area contributed by atoms with E-state index >= 15 is 0 Å². The number of nitrogens with zero attached hydrogens (tertiary/aromatic N) is 3. The molecule has 0 aliphatic heterocycles. The van der Waals surface area contributed by atoms with Crippen molar-refractivity contribution >= 4 is 29.9 Å². The van der Waals surface area contributed by atoms with Crippen LogP contribution >= 0.6 is 24.0 Å². The molecular formula is C23H30IN5. The Hall–Kier alpha value is -2.35. The molecule has 3 rings (SSSR count). The lowest BCUT2D eigenvalue weighted by molar-refractivity contribution is 0.688. The highest BCUT2D eigenvalue weighted by atomic mass is 127. The Balaban J connectivity index is 0.00000300. The third kappa shape index (κ3) is 6.88. The van der Waals surface area contributed by atoms with Gasteiger partial charge in [0.15, 0.2) is 5.96 Å². The zero-order chi connectivity index (χ0) is 19.6. The van der Waals surface area contributed by atoms with E-state index in [4.69, 9.17) is 4.99 Å². The molecule has 1 heterocycles. The number of benzene rings is 2. The molecule has 0 aliphatic rings. The van der Waals surface area contributed by atoms with Gasteiger partial charge in [0.25, 0.3) is 0 Å². The molecule has 2 N–H and O–H groups in total. The van der Waals surface area contributed by atoms with Crippen LogP contribution in [0.4, 0.5) is 0 Å². The molecule has 154 valence electrons. The van der Waals surface area contributed by atoms with Gasteiger partial charge in [-0.1, -0.05) is 61.5 Å². The number of guanidine groups is 1. The first kappa shape index (κ1) is 22.9. The van der Waals surface area contributed by atoms with E-state index in [0.29, 0.717) is 13.1 Å². The van der Waals surface area contributed by atoms with Crippen molar-refractivity contribution in [3.05, 3.63) is 89.5 Å². The Kier molecular flexibility index (Phi) is 9.70. The number of hydrogen-bond donors (Lipinski definition) is 2. The van der Waals surface area contributed by atoms with Crippen molar-refractivity contribution in [2.24, 2.45) is 4.99 Å². The van der Waals surface area contributed by atoms with Crippen LogP contribution in [0.1, 0.15) is 36.4 Å². The summed E-state index contributed by atoms with van der Waals surface area (Å²) in [6.45, 7) is 7.18. The first-order chi connectivity index (χ1) is 13.8. The number of nitrogens with one attached hydrogen (secondary N) is 2. The number of hydrogen-bond acceptors (Lipinski definition) is 2. The van der Waals surface area contributed by atoms with Gasteiger partial charge < -0.3 is 15.2 Å². The average Bonchev–Trinajstić information content (AvgIpc) is 3.18. The predicted molar refractivity (Wildman–Crippen MR) is 131 cm³/mol. The van der Waals surface area contributed by atoms with Gasteiger partial charge in [-0.15, -0.1) is 24.0 Å². The van der Waals surface area contributed by atoms with Crippen LogP contribution in [0, 0.1) is 0 Å². The third-order valence-electron chi connectivity index (χ3n) is 4.66. The Bertz CT molecular complexity index is 889. The van der Waals surface area contributed by atoms with Crippen LogP contribution in [-0.2, 0) is 26.1 Å². The van der Waals surface area contributed by atoms with E-state index < -0.39 is 0 Å². The first-order valence-electron chi connectivity index (χ1n) is 9.93. The fourth-order valence-electron chi connectivity index (χ4n) is 3.16. The zero-order valence-electron chi connectivity index (χ0n) is 17.1. The number of aromatic nitrogens is 2. The van der Waals surface area contributed by atoms with Crippen molar-refractivity contribution in [1.82, 2.24) is 20.2 Å². The van der Waals surface area contributed by atoms with Crippen molar-refractivity contribution in [1.29, 1.82) is 0 Å². The van der Waals surface area contributed by atoms with Crippen molar-refractivity contribution in [2.45, 2.75) is 39.9 Å². The van der Waals surface area contributed by atoms with Crippen LogP contribution in [0.5, 0.6) is 0 Å². The second-order valence-corrected chi connectivity index (χ2v) is 6.63. The van der Waals surface area contributed by atoms with Gasteiger partial charge in [0.1, 0.15) is 5.82 Å². The van der Waals surface area contributed by atoms with Gasteiger partial charge in [-0.3, -0.25) is 0 Å². The first-order valence-corrected chi connectivity index (χ1v) is 9.93. The summed E-state index contributed by atoms with van der Waals surface area (Å²) < 4.78 is 2.16. The van der Waals surface area contributed by atoms with E-state index in [-0.39, 0.29) is 24.0 Å². The second kappa shape index (κ2) is 12.3. The summed E-state index contributed by atoms with van der Waals surface area (Å²) in [5.74, 6) is 1.80. The minimum absolute atomic E-state index is 0. The molecule has 0 bridgehead atoms. The highest BCUT2D eigenvalue weighted by Crippen LogP contribution is 2.10. The minimum atomic E-state index is 0. The molecule has 1 aromatic heterocycles. The maximum absolute atomic E-state index is 4.76. The molecule has 2 aromatic carbocycles. The Labute approximate surface area is 190 Å². The quantitative estimate of drug-likeness (QED) is 0.273. The van der Waals surface area contributed by atoms with Gasteiger partial charge in [0.2, 0.25) is 0 Å². The molecular weight excluding hydrogens is 473 g/mol. The number of aryl methyl sites for hydroxylation is 1. The van der Waals surface area contributed by atoms with Gasteiger partial charge in [0.05, 0.1) is 13.1 Å². The zero-order valence-corrected chi connectivity index (χ0v) is 19.5. The average molecular weight is 503 g/mol. The summed E-state index contributed by atoms with van der Waals surface area (Å²) in [6, 6.07) is 18.9. The molecule has 3 aromatic rings. The number of rotatable bonds is 8. The molecule has 0 spiro atoms. The van der Waals surface area contributed by atoms with Crippen LogP contribution < -0.4 is 10.6 Å².